The van der Waals surface area contributed by atoms with Crippen molar-refractivity contribution in [2.24, 2.45) is 0 Å². The van der Waals surface area contributed by atoms with Gasteiger partial charge in [0.1, 0.15) is 0 Å². The first-order chi connectivity index (χ1) is 7.31. The first-order valence-electron chi connectivity index (χ1n) is 4.48. The van der Waals surface area contributed by atoms with E-state index in [9.17, 15) is 0 Å². The molecular formula is C9H10BrN3S2. The fraction of sp³-hybridized carbons (Fsp3) is 0.333. The predicted octanol–water partition coefficient (Wildman–Crippen LogP) is 2.87. The Morgan fingerprint density at radius 1 is 1.60 bits per heavy atom. The van der Waals surface area contributed by atoms with Crippen molar-refractivity contribution >= 4 is 39.0 Å². The molecule has 0 spiro atoms. The highest BCUT2D eigenvalue weighted by Gasteiger charge is 2.14. The van der Waals surface area contributed by atoms with Gasteiger partial charge in [-0.2, -0.15) is 8.75 Å². The number of thiophene rings is 1. The fourth-order valence-corrected chi connectivity index (χ4v) is 3.37. The lowest BCUT2D eigenvalue weighted by molar-refractivity contribution is 0.584. The van der Waals surface area contributed by atoms with E-state index in [-0.39, 0.29) is 6.04 Å². The van der Waals surface area contributed by atoms with E-state index in [2.05, 4.69) is 41.4 Å². The van der Waals surface area contributed by atoms with Gasteiger partial charge in [-0.05, 0) is 34.4 Å². The fourth-order valence-electron chi connectivity index (χ4n) is 1.34. The molecule has 2 aromatic heterocycles. The van der Waals surface area contributed by atoms with Crippen molar-refractivity contribution in [2.75, 3.05) is 7.05 Å². The number of rotatable bonds is 4. The lowest BCUT2D eigenvalue weighted by Gasteiger charge is -2.12. The van der Waals surface area contributed by atoms with Gasteiger partial charge in [-0.25, -0.2) is 0 Å². The summed E-state index contributed by atoms with van der Waals surface area (Å²) in [5.41, 5.74) is 1.02. The number of hydrogen-bond donors (Lipinski definition) is 1. The molecule has 0 aromatic carbocycles. The molecule has 0 saturated heterocycles. The van der Waals surface area contributed by atoms with Crippen LogP contribution in [0.1, 0.15) is 16.6 Å². The van der Waals surface area contributed by atoms with E-state index in [1.807, 2.05) is 13.2 Å². The summed E-state index contributed by atoms with van der Waals surface area (Å²) in [7, 11) is 1.95. The third-order valence-corrected chi connectivity index (χ3v) is 4.61. The summed E-state index contributed by atoms with van der Waals surface area (Å²) in [5, 5.41) is 5.35. The standard InChI is InChI=1S/C9H10BrN3S2/c1-11-7(8-5-12-15-13-8)4-9-6(10)2-3-14-9/h2-3,5,7,11H,4H2,1H3. The van der Waals surface area contributed by atoms with Crippen molar-refractivity contribution in [1.82, 2.24) is 14.1 Å². The topological polar surface area (TPSA) is 37.8 Å². The molecule has 0 saturated carbocycles. The van der Waals surface area contributed by atoms with Crippen LogP contribution in [0.3, 0.4) is 0 Å². The summed E-state index contributed by atoms with van der Waals surface area (Å²) in [6, 6.07) is 2.32. The molecule has 1 N–H and O–H groups in total. The number of hydrogen-bond acceptors (Lipinski definition) is 5. The quantitative estimate of drug-likeness (QED) is 0.944. The first-order valence-corrected chi connectivity index (χ1v) is 6.88. The molecule has 2 aromatic rings. The summed E-state index contributed by atoms with van der Waals surface area (Å²) < 4.78 is 9.46. The van der Waals surface area contributed by atoms with Gasteiger partial charge in [-0.15, -0.1) is 11.3 Å². The van der Waals surface area contributed by atoms with E-state index in [0.29, 0.717) is 0 Å². The molecule has 2 rings (SSSR count). The molecule has 80 valence electrons. The Bertz CT molecular complexity index is 413. The molecule has 6 heteroatoms. The molecule has 2 heterocycles. The molecule has 0 radical (unpaired) electrons. The second-order valence-electron chi connectivity index (χ2n) is 3.07. The van der Waals surface area contributed by atoms with Crippen LogP contribution in [0.2, 0.25) is 0 Å². The van der Waals surface area contributed by atoms with Crippen LogP contribution >= 0.6 is 39.0 Å². The van der Waals surface area contributed by atoms with Crippen molar-refractivity contribution in [2.45, 2.75) is 12.5 Å². The minimum Gasteiger partial charge on any atom is -0.311 e. The number of nitrogens with zero attached hydrogens (tertiary/aromatic N) is 2. The Morgan fingerprint density at radius 3 is 3.00 bits per heavy atom. The summed E-state index contributed by atoms with van der Waals surface area (Å²) in [6.45, 7) is 0. The maximum absolute atomic E-state index is 4.25. The van der Waals surface area contributed by atoms with Crippen molar-refractivity contribution in [3.8, 4) is 0 Å². The van der Waals surface area contributed by atoms with Gasteiger partial charge in [-0.1, -0.05) is 0 Å². The predicted molar refractivity (Wildman–Crippen MR) is 67.4 cm³/mol. The maximum atomic E-state index is 4.25. The first kappa shape index (κ1) is 11.2. The normalized spacial score (nSPS) is 12.9. The van der Waals surface area contributed by atoms with Crippen molar-refractivity contribution in [3.63, 3.8) is 0 Å². The molecule has 1 unspecified atom stereocenters. The molecule has 1 atom stereocenters. The Kier molecular flexibility index (Phi) is 3.85. The van der Waals surface area contributed by atoms with Crippen LogP contribution in [0.5, 0.6) is 0 Å². The summed E-state index contributed by atoms with van der Waals surface area (Å²) >= 11 is 6.55. The minimum absolute atomic E-state index is 0.249. The second kappa shape index (κ2) is 5.16. The van der Waals surface area contributed by atoms with Crippen LogP contribution in [0.4, 0.5) is 0 Å². The zero-order valence-corrected chi connectivity index (χ0v) is 11.3. The summed E-state index contributed by atoms with van der Waals surface area (Å²) in [5.74, 6) is 0. The van der Waals surface area contributed by atoms with Gasteiger partial charge in [0.25, 0.3) is 0 Å². The molecule has 0 amide bonds. The summed E-state index contributed by atoms with van der Waals surface area (Å²) in [6.07, 6.45) is 2.77. The SMILES string of the molecule is CNC(Cc1sccc1Br)c1cnsn1. The van der Waals surface area contributed by atoms with E-state index in [4.69, 9.17) is 0 Å². The Labute approximate surface area is 105 Å². The molecule has 0 aliphatic rings. The van der Waals surface area contributed by atoms with E-state index in [0.717, 1.165) is 12.1 Å². The van der Waals surface area contributed by atoms with Crippen LogP contribution in [0.25, 0.3) is 0 Å². The number of aromatic nitrogens is 2. The largest absolute Gasteiger partial charge is 0.311 e. The van der Waals surface area contributed by atoms with Crippen molar-refractivity contribution in [3.05, 3.63) is 32.7 Å². The van der Waals surface area contributed by atoms with Crippen LogP contribution in [-0.2, 0) is 6.42 Å². The van der Waals surface area contributed by atoms with E-state index in [1.54, 1.807) is 11.3 Å². The van der Waals surface area contributed by atoms with Gasteiger partial charge in [0, 0.05) is 15.8 Å². The minimum atomic E-state index is 0.249. The molecule has 0 aliphatic carbocycles. The zero-order chi connectivity index (χ0) is 10.7. The third-order valence-electron chi connectivity index (χ3n) is 2.16. The average molecular weight is 304 g/mol. The van der Waals surface area contributed by atoms with Crippen LogP contribution in [0.15, 0.2) is 22.1 Å². The smallest absolute Gasteiger partial charge is 0.0915 e. The molecule has 0 fully saturated rings. The molecular weight excluding hydrogens is 294 g/mol. The van der Waals surface area contributed by atoms with E-state index in [1.165, 1.54) is 21.1 Å². The van der Waals surface area contributed by atoms with Gasteiger partial charge in [0.2, 0.25) is 0 Å². The highest BCUT2D eigenvalue weighted by atomic mass is 79.9. The Balaban J connectivity index is 2.13. The van der Waals surface area contributed by atoms with Gasteiger partial charge in [0.05, 0.1) is 29.7 Å². The Hall–Kier alpha value is -0.300. The molecule has 0 aliphatic heterocycles. The van der Waals surface area contributed by atoms with Gasteiger partial charge >= 0.3 is 0 Å². The number of likely N-dealkylation sites (N-methyl/N-ethyl adjacent to an activating group) is 1. The van der Waals surface area contributed by atoms with Crippen molar-refractivity contribution in [1.29, 1.82) is 0 Å². The van der Waals surface area contributed by atoms with Gasteiger partial charge < -0.3 is 5.32 Å². The third kappa shape index (κ3) is 2.63. The highest BCUT2D eigenvalue weighted by molar-refractivity contribution is 9.10. The van der Waals surface area contributed by atoms with Crippen LogP contribution < -0.4 is 5.32 Å². The van der Waals surface area contributed by atoms with E-state index >= 15 is 0 Å². The second-order valence-corrected chi connectivity index (χ2v) is 5.48. The monoisotopic (exact) mass is 303 g/mol. The van der Waals surface area contributed by atoms with Gasteiger partial charge in [0.15, 0.2) is 0 Å². The molecule has 3 nitrogen and oxygen atoms in total. The lowest BCUT2D eigenvalue weighted by Crippen LogP contribution is -2.18. The average Bonchev–Trinajstić information content (AvgIpc) is 2.86. The van der Waals surface area contributed by atoms with Gasteiger partial charge in [-0.3, -0.25) is 0 Å². The van der Waals surface area contributed by atoms with Crippen LogP contribution in [-0.4, -0.2) is 15.8 Å². The van der Waals surface area contributed by atoms with E-state index < -0.39 is 0 Å². The lowest BCUT2D eigenvalue weighted by atomic mass is 10.1. The Morgan fingerprint density at radius 2 is 2.47 bits per heavy atom. The highest BCUT2D eigenvalue weighted by Crippen LogP contribution is 2.27. The molecule has 15 heavy (non-hydrogen) atoms. The summed E-state index contributed by atoms with van der Waals surface area (Å²) in [4.78, 5) is 1.34. The maximum Gasteiger partial charge on any atom is 0.0915 e. The number of nitrogens with one attached hydrogen (secondary N) is 1. The zero-order valence-electron chi connectivity index (χ0n) is 8.11. The van der Waals surface area contributed by atoms with Crippen LogP contribution in [0, 0.1) is 0 Å². The van der Waals surface area contributed by atoms with Crippen molar-refractivity contribution < 1.29 is 0 Å². The molecule has 0 bridgehead atoms. The number of halogens is 1.